The minimum Gasteiger partial charge on any atom is -0.337 e. The standard InChI is InChI=1S/C17H10Cl2N4OS/c18-9-1-3-13(20-8-9)16-22-12-4-2-10(7-14(12)23-16)21-17(24)15-11(19)5-6-25-15/h1-8H,(H,21,24)(H,22,23). The second kappa shape index (κ2) is 6.48. The normalized spacial score (nSPS) is 11.0. The van der Waals surface area contributed by atoms with Gasteiger partial charge in [0.25, 0.3) is 5.91 Å². The van der Waals surface area contributed by atoms with Gasteiger partial charge in [0, 0.05) is 11.9 Å². The molecule has 0 aliphatic heterocycles. The minimum atomic E-state index is -0.238. The Morgan fingerprint density at radius 3 is 2.76 bits per heavy atom. The maximum Gasteiger partial charge on any atom is 0.267 e. The van der Waals surface area contributed by atoms with Crippen molar-refractivity contribution in [2.24, 2.45) is 0 Å². The van der Waals surface area contributed by atoms with Gasteiger partial charge in [-0.2, -0.15) is 0 Å². The molecule has 2 N–H and O–H groups in total. The molecule has 0 aliphatic carbocycles. The van der Waals surface area contributed by atoms with E-state index < -0.39 is 0 Å². The average Bonchev–Trinajstić information content (AvgIpc) is 3.21. The number of H-pyrrole nitrogens is 1. The van der Waals surface area contributed by atoms with E-state index in [1.807, 2.05) is 12.1 Å². The summed E-state index contributed by atoms with van der Waals surface area (Å²) >= 11 is 13.2. The Bertz CT molecular complexity index is 1070. The summed E-state index contributed by atoms with van der Waals surface area (Å²) in [5, 5.41) is 5.63. The molecule has 0 aliphatic rings. The van der Waals surface area contributed by atoms with Crippen molar-refractivity contribution in [3.05, 3.63) is 62.9 Å². The molecule has 0 unspecified atom stereocenters. The van der Waals surface area contributed by atoms with E-state index in [1.54, 1.807) is 35.8 Å². The third-order valence-electron chi connectivity index (χ3n) is 3.53. The lowest BCUT2D eigenvalue weighted by Crippen LogP contribution is -2.10. The number of nitrogens with zero attached hydrogens (tertiary/aromatic N) is 2. The van der Waals surface area contributed by atoms with Crippen molar-refractivity contribution in [2.45, 2.75) is 0 Å². The average molecular weight is 389 g/mol. The third-order valence-corrected chi connectivity index (χ3v) is 5.10. The summed E-state index contributed by atoms with van der Waals surface area (Å²) in [7, 11) is 0. The number of amides is 1. The third kappa shape index (κ3) is 3.24. The first-order valence-corrected chi connectivity index (χ1v) is 8.90. The maximum atomic E-state index is 12.3. The number of carbonyl (C=O) groups excluding carboxylic acids is 1. The molecule has 25 heavy (non-hydrogen) atoms. The monoisotopic (exact) mass is 388 g/mol. The van der Waals surface area contributed by atoms with Gasteiger partial charge in [-0.3, -0.25) is 9.78 Å². The highest BCUT2D eigenvalue weighted by Gasteiger charge is 2.13. The Kier molecular flexibility index (Phi) is 4.17. The lowest BCUT2D eigenvalue weighted by atomic mass is 10.2. The summed E-state index contributed by atoms with van der Waals surface area (Å²) in [6.45, 7) is 0. The van der Waals surface area contributed by atoms with Crippen molar-refractivity contribution in [3.8, 4) is 11.5 Å². The van der Waals surface area contributed by atoms with E-state index in [0.29, 0.717) is 32.1 Å². The predicted molar refractivity (Wildman–Crippen MR) is 102 cm³/mol. The molecule has 0 bridgehead atoms. The quantitative estimate of drug-likeness (QED) is 0.503. The van der Waals surface area contributed by atoms with Gasteiger partial charge in [0.15, 0.2) is 5.82 Å². The van der Waals surface area contributed by atoms with Crippen LogP contribution in [-0.2, 0) is 0 Å². The van der Waals surface area contributed by atoms with Gasteiger partial charge in [0.05, 0.1) is 21.1 Å². The number of benzene rings is 1. The summed E-state index contributed by atoms with van der Waals surface area (Å²) < 4.78 is 0. The fraction of sp³-hybridized carbons (Fsp3) is 0. The van der Waals surface area contributed by atoms with Crippen molar-refractivity contribution in [1.82, 2.24) is 15.0 Å². The number of rotatable bonds is 3. The Morgan fingerprint density at radius 2 is 2.04 bits per heavy atom. The number of pyridine rings is 1. The summed E-state index contributed by atoms with van der Waals surface area (Å²) in [6.07, 6.45) is 1.57. The van der Waals surface area contributed by atoms with Crippen LogP contribution in [0.15, 0.2) is 48.0 Å². The summed E-state index contributed by atoms with van der Waals surface area (Å²) in [4.78, 5) is 24.7. The van der Waals surface area contributed by atoms with E-state index in [1.165, 1.54) is 11.3 Å². The van der Waals surface area contributed by atoms with Gasteiger partial charge >= 0.3 is 0 Å². The first-order valence-electron chi connectivity index (χ1n) is 7.26. The SMILES string of the molecule is O=C(Nc1ccc2nc(-c3ccc(Cl)cn3)[nH]c2c1)c1sccc1Cl. The smallest absolute Gasteiger partial charge is 0.267 e. The Hall–Kier alpha value is -2.41. The number of fused-ring (bicyclic) bond motifs is 1. The Morgan fingerprint density at radius 1 is 1.16 bits per heavy atom. The van der Waals surface area contributed by atoms with E-state index in [0.717, 1.165) is 11.0 Å². The molecule has 0 spiro atoms. The number of imidazole rings is 1. The van der Waals surface area contributed by atoms with Crippen LogP contribution >= 0.6 is 34.5 Å². The first-order chi connectivity index (χ1) is 12.1. The van der Waals surface area contributed by atoms with Gasteiger partial charge in [-0.25, -0.2) is 4.98 Å². The van der Waals surface area contributed by atoms with Crippen molar-refractivity contribution < 1.29 is 4.79 Å². The second-order valence-corrected chi connectivity index (χ2v) is 6.99. The van der Waals surface area contributed by atoms with Gasteiger partial charge in [-0.05, 0) is 41.8 Å². The molecule has 8 heteroatoms. The lowest BCUT2D eigenvalue weighted by Gasteiger charge is -2.03. The molecule has 0 atom stereocenters. The molecule has 0 saturated heterocycles. The van der Waals surface area contributed by atoms with E-state index in [9.17, 15) is 4.79 Å². The number of hydrogen-bond acceptors (Lipinski definition) is 4. The van der Waals surface area contributed by atoms with Gasteiger partial charge in [0.1, 0.15) is 10.6 Å². The molecule has 124 valence electrons. The zero-order valence-corrected chi connectivity index (χ0v) is 14.9. The lowest BCUT2D eigenvalue weighted by molar-refractivity contribution is 0.103. The fourth-order valence-electron chi connectivity index (χ4n) is 2.37. The molecular formula is C17H10Cl2N4OS. The topological polar surface area (TPSA) is 70.7 Å². The van der Waals surface area contributed by atoms with Crippen molar-refractivity contribution in [2.75, 3.05) is 5.32 Å². The van der Waals surface area contributed by atoms with Gasteiger partial charge in [0.2, 0.25) is 0 Å². The molecular weight excluding hydrogens is 379 g/mol. The van der Waals surface area contributed by atoms with Crippen molar-refractivity contribution in [3.63, 3.8) is 0 Å². The van der Waals surface area contributed by atoms with Crippen LogP contribution in [0.25, 0.3) is 22.6 Å². The molecule has 1 aromatic carbocycles. The number of anilines is 1. The van der Waals surface area contributed by atoms with Crippen LogP contribution in [0.2, 0.25) is 10.0 Å². The zero-order valence-electron chi connectivity index (χ0n) is 12.6. The van der Waals surface area contributed by atoms with Gasteiger partial charge in [-0.1, -0.05) is 23.2 Å². The van der Waals surface area contributed by atoms with Crippen LogP contribution in [0.4, 0.5) is 5.69 Å². The largest absolute Gasteiger partial charge is 0.337 e. The van der Waals surface area contributed by atoms with Crippen LogP contribution in [-0.4, -0.2) is 20.9 Å². The molecule has 4 rings (SSSR count). The molecule has 0 radical (unpaired) electrons. The number of hydrogen-bond donors (Lipinski definition) is 2. The van der Waals surface area contributed by atoms with Gasteiger partial charge < -0.3 is 10.3 Å². The van der Waals surface area contributed by atoms with Gasteiger partial charge in [-0.15, -0.1) is 11.3 Å². The Balaban J connectivity index is 1.63. The molecule has 3 heterocycles. The summed E-state index contributed by atoms with van der Waals surface area (Å²) in [6, 6.07) is 10.7. The first kappa shape index (κ1) is 16.1. The number of carbonyl (C=O) groups is 1. The molecule has 0 saturated carbocycles. The predicted octanol–water partition coefficient (Wildman–Crippen LogP) is 5.25. The number of halogens is 2. The highest BCUT2D eigenvalue weighted by Crippen LogP contribution is 2.25. The van der Waals surface area contributed by atoms with Crippen LogP contribution < -0.4 is 5.32 Å². The van der Waals surface area contributed by atoms with Crippen LogP contribution in [0.1, 0.15) is 9.67 Å². The van der Waals surface area contributed by atoms with E-state index in [-0.39, 0.29) is 5.91 Å². The van der Waals surface area contributed by atoms with Crippen molar-refractivity contribution >= 4 is 57.2 Å². The summed E-state index contributed by atoms with van der Waals surface area (Å²) in [5.41, 5.74) is 2.92. The summed E-state index contributed by atoms with van der Waals surface area (Å²) in [5.74, 6) is 0.398. The molecule has 5 nitrogen and oxygen atoms in total. The highest BCUT2D eigenvalue weighted by molar-refractivity contribution is 7.12. The number of nitrogens with one attached hydrogen (secondary N) is 2. The minimum absolute atomic E-state index is 0.238. The maximum absolute atomic E-state index is 12.3. The Labute approximate surface area is 156 Å². The molecule has 1 amide bonds. The van der Waals surface area contributed by atoms with E-state index in [2.05, 4.69) is 20.3 Å². The van der Waals surface area contributed by atoms with Crippen LogP contribution in [0, 0.1) is 0 Å². The second-order valence-electron chi connectivity index (χ2n) is 5.23. The fourth-order valence-corrected chi connectivity index (χ4v) is 3.52. The van der Waals surface area contributed by atoms with Crippen molar-refractivity contribution in [1.29, 1.82) is 0 Å². The number of aromatic nitrogens is 3. The molecule has 0 fully saturated rings. The van der Waals surface area contributed by atoms with E-state index in [4.69, 9.17) is 23.2 Å². The highest BCUT2D eigenvalue weighted by atomic mass is 35.5. The zero-order chi connectivity index (χ0) is 17.4. The number of aromatic amines is 1. The van der Waals surface area contributed by atoms with Crippen LogP contribution in [0.5, 0.6) is 0 Å². The molecule has 3 aromatic heterocycles. The number of thiophene rings is 1. The van der Waals surface area contributed by atoms with E-state index >= 15 is 0 Å². The van der Waals surface area contributed by atoms with Crippen LogP contribution in [0.3, 0.4) is 0 Å². The molecule has 4 aromatic rings.